The summed E-state index contributed by atoms with van der Waals surface area (Å²) in [5.74, 6) is 1.10. The monoisotopic (exact) mass is 390 g/mol. The van der Waals surface area contributed by atoms with Gasteiger partial charge in [-0.05, 0) is 29.8 Å². The van der Waals surface area contributed by atoms with Crippen molar-refractivity contribution in [2.24, 2.45) is 0 Å². The molecule has 0 amide bonds. The predicted molar refractivity (Wildman–Crippen MR) is 108 cm³/mol. The van der Waals surface area contributed by atoms with Crippen molar-refractivity contribution in [3.8, 4) is 11.5 Å². The van der Waals surface area contributed by atoms with E-state index in [0.29, 0.717) is 29.3 Å². The second-order valence-corrected chi connectivity index (χ2v) is 6.70. The molecule has 29 heavy (non-hydrogen) atoms. The van der Waals surface area contributed by atoms with Gasteiger partial charge in [0.05, 0.1) is 4.92 Å². The van der Waals surface area contributed by atoms with Crippen molar-refractivity contribution in [3.63, 3.8) is 0 Å². The Kier molecular flexibility index (Phi) is 4.87. The molecule has 0 atom stereocenters. The normalized spacial score (nSPS) is 11.9. The van der Waals surface area contributed by atoms with E-state index >= 15 is 0 Å². The molecule has 0 aromatic heterocycles. The lowest BCUT2D eigenvalue weighted by molar-refractivity contribution is -0.384. The minimum Gasteiger partial charge on any atom is -0.454 e. The topological polar surface area (TPSA) is 81.9 Å². The number of nitro benzene ring substituents is 1. The Morgan fingerprint density at radius 2 is 1.76 bits per heavy atom. The number of anilines is 1. The van der Waals surface area contributed by atoms with Gasteiger partial charge in [-0.25, -0.2) is 0 Å². The molecule has 0 spiro atoms. The molecule has 1 heterocycles. The predicted octanol–water partition coefficient (Wildman–Crippen LogP) is 4.19. The molecular formula is C22H18N2O5. The first kappa shape index (κ1) is 18.5. The zero-order valence-electron chi connectivity index (χ0n) is 15.7. The van der Waals surface area contributed by atoms with Crippen LogP contribution >= 0.6 is 0 Å². The van der Waals surface area contributed by atoms with Crippen LogP contribution in [0.15, 0.2) is 66.7 Å². The maximum atomic E-state index is 12.6. The van der Waals surface area contributed by atoms with Crippen molar-refractivity contribution in [2.75, 3.05) is 18.7 Å². The number of carbonyl (C=O) groups is 1. The molecule has 0 aliphatic carbocycles. The van der Waals surface area contributed by atoms with E-state index in [1.165, 1.54) is 6.07 Å². The van der Waals surface area contributed by atoms with E-state index < -0.39 is 4.92 Å². The molecule has 3 aromatic carbocycles. The number of hydrogen-bond donors (Lipinski definition) is 0. The lowest BCUT2D eigenvalue weighted by Crippen LogP contribution is -2.18. The van der Waals surface area contributed by atoms with Gasteiger partial charge in [-0.3, -0.25) is 14.9 Å². The highest BCUT2D eigenvalue weighted by molar-refractivity contribution is 6.09. The second kappa shape index (κ2) is 7.63. The van der Waals surface area contributed by atoms with E-state index in [1.54, 1.807) is 48.3 Å². The number of ketones is 1. The summed E-state index contributed by atoms with van der Waals surface area (Å²) < 4.78 is 10.7. The highest BCUT2D eigenvalue weighted by Gasteiger charge is 2.21. The van der Waals surface area contributed by atoms with E-state index in [4.69, 9.17) is 9.47 Å². The summed E-state index contributed by atoms with van der Waals surface area (Å²) in [6.45, 7) is 0.625. The zero-order chi connectivity index (χ0) is 20.4. The number of fused-ring (bicyclic) bond motifs is 1. The lowest BCUT2D eigenvalue weighted by Gasteiger charge is -2.20. The van der Waals surface area contributed by atoms with Gasteiger partial charge in [-0.2, -0.15) is 0 Å². The number of hydrogen-bond acceptors (Lipinski definition) is 6. The highest BCUT2D eigenvalue weighted by Crippen LogP contribution is 2.34. The van der Waals surface area contributed by atoms with Crippen molar-refractivity contribution < 1.29 is 19.2 Å². The van der Waals surface area contributed by atoms with Crippen molar-refractivity contribution in [3.05, 3.63) is 93.5 Å². The van der Waals surface area contributed by atoms with E-state index in [-0.39, 0.29) is 23.8 Å². The maximum Gasteiger partial charge on any atom is 0.293 e. The number of ether oxygens (including phenoxy) is 2. The van der Waals surface area contributed by atoms with Gasteiger partial charge >= 0.3 is 0 Å². The van der Waals surface area contributed by atoms with E-state index in [0.717, 1.165) is 5.56 Å². The number of nitro groups is 1. The van der Waals surface area contributed by atoms with Crippen LogP contribution in [0.5, 0.6) is 11.5 Å². The van der Waals surface area contributed by atoms with E-state index in [1.807, 2.05) is 24.3 Å². The average molecular weight is 390 g/mol. The van der Waals surface area contributed by atoms with Gasteiger partial charge in [0.2, 0.25) is 6.79 Å². The molecule has 0 unspecified atom stereocenters. The lowest BCUT2D eigenvalue weighted by atomic mass is 10.0. The van der Waals surface area contributed by atoms with Gasteiger partial charge < -0.3 is 14.4 Å². The third-order valence-corrected chi connectivity index (χ3v) is 4.74. The van der Waals surface area contributed by atoms with Crippen LogP contribution in [0, 0.1) is 10.1 Å². The smallest absolute Gasteiger partial charge is 0.293 e. The molecule has 0 saturated heterocycles. The third kappa shape index (κ3) is 3.75. The minimum atomic E-state index is -0.465. The summed E-state index contributed by atoms with van der Waals surface area (Å²) in [5, 5.41) is 11.7. The third-order valence-electron chi connectivity index (χ3n) is 4.74. The van der Waals surface area contributed by atoms with Gasteiger partial charge in [0.1, 0.15) is 5.69 Å². The number of rotatable bonds is 6. The molecule has 3 aromatic rings. The number of nitrogens with zero attached hydrogens (tertiary/aromatic N) is 2. The van der Waals surface area contributed by atoms with Crippen LogP contribution in [0.3, 0.4) is 0 Å². The van der Waals surface area contributed by atoms with Gasteiger partial charge in [-0.1, -0.05) is 36.4 Å². The van der Waals surface area contributed by atoms with Crippen LogP contribution in [-0.4, -0.2) is 24.5 Å². The fourth-order valence-corrected chi connectivity index (χ4v) is 3.29. The van der Waals surface area contributed by atoms with Crippen LogP contribution in [0.1, 0.15) is 21.5 Å². The Morgan fingerprint density at radius 3 is 2.52 bits per heavy atom. The molecule has 0 radical (unpaired) electrons. The Bertz CT molecular complexity index is 1080. The van der Waals surface area contributed by atoms with Crippen molar-refractivity contribution >= 4 is 17.2 Å². The van der Waals surface area contributed by atoms with Gasteiger partial charge in [0.15, 0.2) is 17.3 Å². The summed E-state index contributed by atoms with van der Waals surface area (Å²) in [4.78, 5) is 25.6. The van der Waals surface area contributed by atoms with Crippen LogP contribution in [-0.2, 0) is 6.54 Å². The molecule has 4 rings (SSSR count). The zero-order valence-corrected chi connectivity index (χ0v) is 15.7. The summed E-state index contributed by atoms with van der Waals surface area (Å²) in [6, 6.07) is 18.8. The number of benzene rings is 3. The molecule has 0 saturated carbocycles. The van der Waals surface area contributed by atoms with Crippen LogP contribution in [0.25, 0.3) is 0 Å². The van der Waals surface area contributed by atoms with Crippen LogP contribution in [0.4, 0.5) is 11.4 Å². The number of carbonyl (C=O) groups excluding carboxylic acids is 1. The van der Waals surface area contributed by atoms with Gasteiger partial charge in [0, 0.05) is 30.8 Å². The molecule has 0 bridgehead atoms. The molecule has 1 aliphatic heterocycles. The average Bonchev–Trinajstić information content (AvgIpc) is 3.21. The molecule has 7 nitrogen and oxygen atoms in total. The first-order valence-electron chi connectivity index (χ1n) is 9.01. The SMILES string of the molecule is CN(Cc1ccc2c(c1)OCO2)c1ccc(C(=O)c2ccccc2)cc1[N+](=O)[O-]. The minimum absolute atomic E-state index is 0.116. The Labute approximate surface area is 167 Å². The molecule has 0 fully saturated rings. The standard InChI is InChI=1S/C22H18N2O5/c1-23(13-15-7-10-20-21(11-15)29-14-28-20)18-9-8-17(12-19(18)24(26)27)22(25)16-5-3-2-4-6-16/h2-12H,13-14H2,1H3. The van der Waals surface area contributed by atoms with E-state index in [2.05, 4.69) is 0 Å². The largest absolute Gasteiger partial charge is 0.454 e. The molecule has 7 heteroatoms. The second-order valence-electron chi connectivity index (χ2n) is 6.70. The van der Waals surface area contributed by atoms with Crippen LogP contribution in [0.2, 0.25) is 0 Å². The van der Waals surface area contributed by atoms with E-state index in [9.17, 15) is 14.9 Å². The Balaban J connectivity index is 1.61. The molecule has 146 valence electrons. The van der Waals surface area contributed by atoms with Crippen molar-refractivity contribution in [1.82, 2.24) is 0 Å². The van der Waals surface area contributed by atoms with Crippen LogP contribution < -0.4 is 14.4 Å². The Morgan fingerprint density at radius 1 is 1.00 bits per heavy atom. The van der Waals surface area contributed by atoms with Gasteiger partial charge in [0.25, 0.3) is 5.69 Å². The summed E-state index contributed by atoms with van der Waals surface area (Å²) in [6.07, 6.45) is 0. The first-order valence-corrected chi connectivity index (χ1v) is 9.01. The van der Waals surface area contributed by atoms with Crippen molar-refractivity contribution in [2.45, 2.75) is 6.54 Å². The fraction of sp³-hybridized carbons (Fsp3) is 0.136. The highest BCUT2D eigenvalue weighted by atomic mass is 16.7. The molecule has 0 N–H and O–H groups in total. The first-order chi connectivity index (χ1) is 14.0. The summed E-state index contributed by atoms with van der Waals surface area (Å²) in [7, 11) is 1.77. The summed E-state index contributed by atoms with van der Waals surface area (Å²) in [5.41, 5.74) is 2.01. The fourth-order valence-electron chi connectivity index (χ4n) is 3.29. The molecule has 1 aliphatic rings. The maximum absolute atomic E-state index is 12.6. The summed E-state index contributed by atoms with van der Waals surface area (Å²) >= 11 is 0. The molecular weight excluding hydrogens is 372 g/mol. The van der Waals surface area contributed by atoms with Crippen molar-refractivity contribution in [1.29, 1.82) is 0 Å². The Hall–Kier alpha value is -3.87. The quantitative estimate of drug-likeness (QED) is 0.357. The van der Waals surface area contributed by atoms with Gasteiger partial charge in [-0.15, -0.1) is 0 Å².